The normalized spacial score (nSPS) is 21.4. The molecule has 156 valence electrons. The lowest BCUT2D eigenvalue weighted by atomic mass is 9.92. The maximum absolute atomic E-state index is 12.7. The van der Waals surface area contributed by atoms with Crippen molar-refractivity contribution in [3.8, 4) is 11.8 Å². The molecule has 0 atom stereocenters. The first kappa shape index (κ1) is 21.4. The van der Waals surface area contributed by atoms with E-state index in [1.54, 1.807) is 18.2 Å². The minimum absolute atomic E-state index is 0.0120. The summed E-state index contributed by atoms with van der Waals surface area (Å²) in [5.41, 5.74) is 3.80. The van der Waals surface area contributed by atoms with Crippen LogP contribution in [0.15, 0.2) is 36.4 Å². The van der Waals surface area contributed by atoms with Crippen molar-refractivity contribution in [2.45, 2.75) is 50.8 Å². The van der Waals surface area contributed by atoms with E-state index in [9.17, 15) is 4.79 Å². The van der Waals surface area contributed by atoms with Crippen LogP contribution < -0.4 is 10.1 Å². The second-order valence-electron chi connectivity index (χ2n) is 7.90. The van der Waals surface area contributed by atoms with Crippen LogP contribution in [0.1, 0.15) is 52.7 Å². The van der Waals surface area contributed by atoms with Gasteiger partial charge in [0.1, 0.15) is 11.8 Å². The smallest absolute Gasteiger partial charge is 0.251 e. The van der Waals surface area contributed by atoms with Gasteiger partial charge < -0.3 is 10.1 Å². The molecule has 4 rings (SSSR count). The molecule has 1 aliphatic carbocycles. The number of rotatable bonds is 4. The zero-order chi connectivity index (χ0) is 21.1. The average molecular weight is 536 g/mol. The second kappa shape index (κ2) is 9.54. The van der Waals surface area contributed by atoms with Gasteiger partial charge in [0.2, 0.25) is 0 Å². The van der Waals surface area contributed by atoms with E-state index in [2.05, 4.69) is 49.5 Å². The van der Waals surface area contributed by atoms with Crippen LogP contribution in [0.2, 0.25) is 5.02 Å². The van der Waals surface area contributed by atoms with Crippen molar-refractivity contribution >= 4 is 40.4 Å². The Morgan fingerprint density at radius 1 is 1.17 bits per heavy atom. The van der Waals surface area contributed by atoms with Gasteiger partial charge in [0, 0.05) is 53.6 Å². The van der Waals surface area contributed by atoms with Crippen LogP contribution in [0, 0.1) is 11.3 Å². The summed E-state index contributed by atoms with van der Waals surface area (Å²) in [4.78, 5) is 12.7. The van der Waals surface area contributed by atoms with Gasteiger partial charge in [-0.2, -0.15) is 5.26 Å². The third-order valence-corrected chi connectivity index (χ3v) is 6.94. The first-order valence-corrected chi connectivity index (χ1v) is 11.6. The highest BCUT2D eigenvalue weighted by Gasteiger charge is 2.25. The third kappa shape index (κ3) is 5.08. The van der Waals surface area contributed by atoms with E-state index in [1.807, 2.05) is 6.07 Å². The Bertz CT molecular complexity index is 983. The molecule has 0 unspecified atom stereocenters. The lowest BCUT2D eigenvalue weighted by Crippen LogP contribution is -2.39. The van der Waals surface area contributed by atoms with Gasteiger partial charge in [-0.25, -0.2) is 3.11 Å². The van der Waals surface area contributed by atoms with Gasteiger partial charge in [-0.15, -0.1) is 0 Å². The van der Waals surface area contributed by atoms with Crippen molar-refractivity contribution in [3.63, 3.8) is 0 Å². The van der Waals surface area contributed by atoms with E-state index in [1.165, 1.54) is 11.1 Å². The van der Waals surface area contributed by atoms with Crippen molar-refractivity contribution in [1.82, 2.24) is 8.43 Å². The van der Waals surface area contributed by atoms with Crippen molar-refractivity contribution in [1.29, 1.82) is 5.26 Å². The fraction of sp³-hybridized carbons (Fsp3) is 0.391. The average Bonchev–Trinajstić information content (AvgIpc) is 2.75. The fourth-order valence-electron chi connectivity index (χ4n) is 4.11. The number of benzene rings is 2. The largest absolute Gasteiger partial charge is 0.490 e. The molecule has 2 aromatic carbocycles. The molecule has 1 amide bonds. The number of fused-ring (bicyclic) bond motifs is 1. The van der Waals surface area contributed by atoms with E-state index in [-0.39, 0.29) is 18.1 Å². The number of hydrogen-bond donors (Lipinski definition) is 1. The highest BCUT2D eigenvalue weighted by atomic mass is 127. The Morgan fingerprint density at radius 2 is 1.97 bits per heavy atom. The number of amides is 1. The third-order valence-electron chi connectivity index (χ3n) is 5.81. The van der Waals surface area contributed by atoms with Gasteiger partial charge in [-0.3, -0.25) is 4.79 Å². The molecule has 0 aromatic heterocycles. The SMILES string of the molecule is N#Cc1ccc(O[C@H]2CC[C@H](NC(=O)c3ccc4c(c3)CCN(I)C4)CC2)cc1Cl. The Kier molecular flexibility index (Phi) is 6.81. The van der Waals surface area contributed by atoms with E-state index in [4.69, 9.17) is 21.6 Å². The highest BCUT2D eigenvalue weighted by Crippen LogP contribution is 2.28. The fourth-order valence-corrected chi connectivity index (χ4v) is 4.93. The Labute approximate surface area is 195 Å². The van der Waals surface area contributed by atoms with Crippen molar-refractivity contribution < 1.29 is 9.53 Å². The number of halogens is 2. The number of ether oxygens (including phenoxy) is 1. The van der Waals surface area contributed by atoms with E-state index < -0.39 is 0 Å². The predicted molar refractivity (Wildman–Crippen MR) is 125 cm³/mol. The number of nitriles is 1. The van der Waals surface area contributed by atoms with Crippen LogP contribution in [-0.4, -0.2) is 27.7 Å². The van der Waals surface area contributed by atoms with Gasteiger partial charge in [0.15, 0.2) is 0 Å². The maximum atomic E-state index is 12.7. The standard InChI is InChI=1S/C23H23ClIN3O2/c24-22-12-21(6-3-17(22)13-26)30-20-7-4-19(5-8-20)27-23(29)16-1-2-18-14-28(25)10-9-15(18)11-16/h1-3,6,11-12,19-20H,4-5,7-10,14H2,(H,27,29)/t19-,20-. The Morgan fingerprint density at radius 3 is 2.70 bits per heavy atom. The van der Waals surface area contributed by atoms with Crippen LogP contribution in [0.5, 0.6) is 5.75 Å². The predicted octanol–water partition coefficient (Wildman–Crippen LogP) is 5.04. The number of carbonyl (C=O) groups excluding carboxylic acids is 1. The van der Waals surface area contributed by atoms with Gasteiger partial charge in [-0.05, 0) is 67.5 Å². The van der Waals surface area contributed by atoms with Crippen molar-refractivity contribution in [2.75, 3.05) is 6.54 Å². The van der Waals surface area contributed by atoms with Crippen LogP contribution in [0.3, 0.4) is 0 Å². The molecule has 2 aliphatic rings. The molecule has 7 heteroatoms. The van der Waals surface area contributed by atoms with E-state index in [0.29, 0.717) is 16.3 Å². The molecule has 1 heterocycles. The summed E-state index contributed by atoms with van der Waals surface area (Å²) in [6, 6.07) is 13.5. The maximum Gasteiger partial charge on any atom is 0.251 e. The Balaban J connectivity index is 1.29. The van der Waals surface area contributed by atoms with Crippen molar-refractivity contribution in [2.24, 2.45) is 0 Å². The number of nitrogens with one attached hydrogen (secondary N) is 1. The summed E-state index contributed by atoms with van der Waals surface area (Å²) in [5, 5.41) is 12.6. The monoisotopic (exact) mass is 535 g/mol. The topological polar surface area (TPSA) is 65.4 Å². The zero-order valence-corrected chi connectivity index (χ0v) is 19.4. The summed E-state index contributed by atoms with van der Waals surface area (Å²) in [7, 11) is 0. The van der Waals surface area contributed by atoms with Gasteiger partial charge >= 0.3 is 0 Å². The van der Waals surface area contributed by atoms with Gasteiger partial charge in [0.05, 0.1) is 16.7 Å². The van der Waals surface area contributed by atoms with Crippen LogP contribution in [-0.2, 0) is 13.0 Å². The van der Waals surface area contributed by atoms with Crippen molar-refractivity contribution in [3.05, 3.63) is 63.7 Å². The molecule has 0 spiro atoms. The second-order valence-corrected chi connectivity index (χ2v) is 9.67. The first-order chi connectivity index (χ1) is 14.5. The summed E-state index contributed by atoms with van der Waals surface area (Å²) in [6.45, 7) is 1.96. The zero-order valence-electron chi connectivity index (χ0n) is 16.5. The first-order valence-electron chi connectivity index (χ1n) is 10.2. The quantitative estimate of drug-likeness (QED) is 0.440. The molecule has 0 radical (unpaired) electrons. The lowest BCUT2D eigenvalue weighted by Gasteiger charge is -2.30. The molecular formula is C23H23ClIN3O2. The molecule has 1 saturated carbocycles. The summed E-state index contributed by atoms with van der Waals surface area (Å²) >= 11 is 8.43. The summed E-state index contributed by atoms with van der Waals surface area (Å²) < 4.78 is 8.30. The van der Waals surface area contributed by atoms with Gasteiger partial charge in [0.25, 0.3) is 5.91 Å². The minimum Gasteiger partial charge on any atom is -0.490 e. The van der Waals surface area contributed by atoms with Crippen LogP contribution in [0.25, 0.3) is 0 Å². The van der Waals surface area contributed by atoms with E-state index in [0.717, 1.165) is 50.8 Å². The van der Waals surface area contributed by atoms with Crippen LogP contribution >= 0.6 is 34.5 Å². The Hall–Kier alpha value is -1.82. The molecule has 1 fully saturated rings. The number of carbonyl (C=O) groups is 1. The molecule has 2 aromatic rings. The summed E-state index contributed by atoms with van der Waals surface area (Å²) in [5.74, 6) is 0.698. The molecule has 1 N–H and O–H groups in total. The van der Waals surface area contributed by atoms with E-state index >= 15 is 0 Å². The summed E-state index contributed by atoms with van der Waals surface area (Å²) in [6.07, 6.45) is 4.60. The van der Waals surface area contributed by atoms with Crippen LogP contribution in [0.4, 0.5) is 0 Å². The number of hydrogen-bond acceptors (Lipinski definition) is 4. The molecule has 30 heavy (non-hydrogen) atoms. The molecule has 1 aliphatic heterocycles. The molecule has 5 nitrogen and oxygen atoms in total. The molecular weight excluding hydrogens is 513 g/mol. The lowest BCUT2D eigenvalue weighted by molar-refractivity contribution is 0.0893. The van der Waals surface area contributed by atoms with Gasteiger partial charge in [-0.1, -0.05) is 17.7 Å². The molecule has 0 bridgehead atoms. The molecule has 0 saturated heterocycles. The minimum atomic E-state index is 0.0120. The number of nitrogens with zero attached hydrogens (tertiary/aromatic N) is 2. The highest BCUT2D eigenvalue weighted by molar-refractivity contribution is 14.1.